The topological polar surface area (TPSA) is 58.2 Å². The third-order valence-electron chi connectivity index (χ3n) is 3.79. The van der Waals surface area contributed by atoms with Crippen molar-refractivity contribution in [1.29, 1.82) is 0 Å². The van der Waals surface area contributed by atoms with Gasteiger partial charge in [0.05, 0.1) is 16.3 Å². The molecule has 0 saturated carbocycles. The standard InChI is InChI=1S/C21H15Cl2FN2O2S/c22-13-1-10-18(19(23)11-13)21(28)26-16-6-8-17(9-7-16)29-12-20(27)25-15-4-2-14(24)3-5-15/h1-11H,12H2,(H,25,27)(H,26,28). The van der Waals surface area contributed by atoms with Crippen molar-refractivity contribution in [2.45, 2.75) is 4.90 Å². The Balaban J connectivity index is 1.52. The fraction of sp³-hybridized carbons (Fsp3) is 0.0476. The molecule has 0 atom stereocenters. The van der Waals surface area contributed by atoms with Gasteiger partial charge >= 0.3 is 0 Å². The van der Waals surface area contributed by atoms with Gasteiger partial charge in [-0.15, -0.1) is 11.8 Å². The molecule has 0 fully saturated rings. The zero-order valence-corrected chi connectivity index (χ0v) is 17.2. The van der Waals surface area contributed by atoms with Gasteiger partial charge in [-0.05, 0) is 66.7 Å². The van der Waals surface area contributed by atoms with Crippen LogP contribution in [0.15, 0.2) is 71.6 Å². The highest BCUT2D eigenvalue weighted by molar-refractivity contribution is 8.00. The smallest absolute Gasteiger partial charge is 0.257 e. The molecule has 3 aromatic rings. The van der Waals surface area contributed by atoms with Crippen molar-refractivity contribution >= 4 is 58.2 Å². The summed E-state index contributed by atoms with van der Waals surface area (Å²) in [4.78, 5) is 25.2. The van der Waals surface area contributed by atoms with Crippen molar-refractivity contribution < 1.29 is 14.0 Å². The highest BCUT2D eigenvalue weighted by Gasteiger charge is 2.11. The van der Waals surface area contributed by atoms with E-state index < -0.39 is 0 Å². The maximum Gasteiger partial charge on any atom is 0.257 e. The minimum atomic E-state index is -0.358. The van der Waals surface area contributed by atoms with Crippen molar-refractivity contribution in [3.8, 4) is 0 Å². The second kappa shape index (κ2) is 9.78. The van der Waals surface area contributed by atoms with Gasteiger partial charge in [0.25, 0.3) is 5.91 Å². The number of thioether (sulfide) groups is 1. The average Bonchev–Trinajstić information content (AvgIpc) is 2.69. The molecule has 148 valence electrons. The third kappa shape index (κ3) is 6.22. The van der Waals surface area contributed by atoms with E-state index in [0.717, 1.165) is 4.90 Å². The van der Waals surface area contributed by atoms with Crippen LogP contribution in [0, 0.1) is 5.82 Å². The fourth-order valence-corrected chi connectivity index (χ4v) is 3.58. The summed E-state index contributed by atoms with van der Waals surface area (Å²) in [6.07, 6.45) is 0. The van der Waals surface area contributed by atoms with Crippen molar-refractivity contribution in [1.82, 2.24) is 0 Å². The second-order valence-corrected chi connectivity index (χ2v) is 7.84. The van der Waals surface area contributed by atoms with Gasteiger partial charge in [0, 0.05) is 21.3 Å². The predicted molar refractivity (Wildman–Crippen MR) is 117 cm³/mol. The number of carbonyl (C=O) groups excluding carboxylic acids is 2. The minimum absolute atomic E-state index is 0.198. The van der Waals surface area contributed by atoms with Gasteiger partial charge in [-0.3, -0.25) is 9.59 Å². The van der Waals surface area contributed by atoms with Gasteiger partial charge < -0.3 is 10.6 Å². The molecule has 0 heterocycles. The number of carbonyl (C=O) groups is 2. The number of anilines is 2. The van der Waals surface area contributed by atoms with Crippen LogP contribution in [0.3, 0.4) is 0 Å². The largest absolute Gasteiger partial charge is 0.325 e. The molecular weight excluding hydrogens is 434 g/mol. The molecule has 0 bridgehead atoms. The molecule has 3 aromatic carbocycles. The monoisotopic (exact) mass is 448 g/mol. The predicted octanol–water partition coefficient (Wildman–Crippen LogP) is 6.12. The Hall–Kier alpha value is -2.54. The first kappa shape index (κ1) is 21.2. The molecule has 0 aliphatic carbocycles. The van der Waals surface area contributed by atoms with E-state index >= 15 is 0 Å². The van der Waals surface area contributed by atoms with Gasteiger partial charge in [-0.1, -0.05) is 23.2 Å². The van der Waals surface area contributed by atoms with Crippen LogP contribution >= 0.6 is 35.0 Å². The molecule has 4 nitrogen and oxygen atoms in total. The highest BCUT2D eigenvalue weighted by atomic mass is 35.5. The Labute approximate surface area is 181 Å². The Morgan fingerprint density at radius 1 is 0.862 bits per heavy atom. The molecule has 0 unspecified atom stereocenters. The van der Waals surface area contributed by atoms with Crippen LogP contribution in [0.1, 0.15) is 10.4 Å². The van der Waals surface area contributed by atoms with E-state index in [2.05, 4.69) is 10.6 Å². The Morgan fingerprint density at radius 2 is 1.48 bits per heavy atom. The van der Waals surface area contributed by atoms with Crippen LogP contribution in [0.2, 0.25) is 10.0 Å². The summed E-state index contributed by atoms with van der Waals surface area (Å²) in [5, 5.41) is 6.19. The van der Waals surface area contributed by atoms with Crippen molar-refractivity contribution in [3.63, 3.8) is 0 Å². The van der Waals surface area contributed by atoms with Crippen molar-refractivity contribution in [2.24, 2.45) is 0 Å². The number of hydrogen-bond acceptors (Lipinski definition) is 3. The summed E-state index contributed by atoms with van der Waals surface area (Å²) in [7, 11) is 0. The van der Waals surface area contributed by atoms with E-state index in [-0.39, 0.29) is 28.4 Å². The van der Waals surface area contributed by atoms with Crippen molar-refractivity contribution in [3.05, 3.63) is 88.2 Å². The number of benzene rings is 3. The quantitative estimate of drug-likeness (QED) is 0.446. The molecule has 0 aromatic heterocycles. The summed E-state index contributed by atoms with van der Waals surface area (Å²) >= 11 is 13.2. The maximum atomic E-state index is 12.9. The van der Waals surface area contributed by atoms with Gasteiger partial charge in [-0.2, -0.15) is 0 Å². The van der Waals surface area contributed by atoms with Gasteiger partial charge in [-0.25, -0.2) is 4.39 Å². The number of hydrogen-bond donors (Lipinski definition) is 2. The van der Waals surface area contributed by atoms with E-state index in [1.165, 1.54) is 42.1 Å². The Bertz CT molecular complexity index is 1030. The summed E-state index contributed by atoms with van der Waals surface area (Å²) in [5.74, 6) is -0.700. The third-order valence-corrected chi connectivity index (χ3v) is 5.35. The molecule has 0 spiro atoms. The number of halogens is 3. The number of amides is 2. The molecule has 0 radical (unpaired) electrons. The number of nitrogens with one attached hydrogen (secondary N) is 2. The molecular formula is C21H15Cl2FN2O2S. The summed E-state index contributed by atoms with van der Waals surface area (Å²) in [6, 6.07) is 17.3. The Kier molecular flexibility index (Phi) is 7.14. The van der Waals surface area contributed by atoms with Crippen molar-refractivity contribution in [2.75, 3.05) is 16.4 Å². The molecule has 2 amide bonds. The maximum absolute atomic E-state index is 12.9. The van der Waals surface area contributed by atoms with Crippen LogP contribution in [0.25, 0.3) is 0 Å². The molecule has 0 aliphatic heterocycles. The van der Waals surface area contributed by atoms with Gasteiger partial charge in [0.15, 0.2) is 0 Å². The molecule has 0 saturated heterocycles. The SMILES string of the molecule is O=C(CSc1ccc(NC(=O)c2ccc(Cl)cc2Cl)cc1)Nc1ccc(F)cc1. The van der Waals surface area contributed by atoms with E-state index in [9.17, 15) is 14.0 Å². The van der Waals surface area contributed by atoms with Gasteiger partial charge in [0.1, 0.15) is 5.82 Å². The second-order valence-electron chi connectivity index (χ2n) is 5.95. The molecule has 29 heavy (non-hydrogen) atoms. The highest BCUT2D eigenvalue weighted by Crippen LogP contribution is 2.24. The molecule has 2 N–H and O–H groups in total. The van der Waals surface area contributed by atoms with Crippen LogP contribution in [-0.4, -0.2) is 17.6 Å². The first-order valence-electron chi connectivity index (χ1n) is 8.45. The lowest BCUT2D eigenvalue weighted by Crippen LogP contribution is -2.14. The lowest BCUT2D eigenvalue weighted by molar-refractivity contribution is -0.113. The molecule has 3 rings (SSSR count). The zero-order valence-electron chi connectivity index (χ0n) is 14.9. The van der Waals surface area contributed by atoms with Crippen LogP contribution < -0.4 is 10.6 Å². The van der Waals surface area contributed by atoms with E-state index in [0.29, 0.717) is 22.0 Å². The van der Waals surface area contributed by atoms with Crippen LogP contribution in [0.5, 0.6) is 0 Å². The fourth-order valence-electron chi connectivity index (χ4n) is 2.39. The van der Waals surface area contributed by atoms with E-state index in [1.807, 2.05) is 0 Å². The molecule has 0 aliphatic rings. The zero-order chi connectivity index (χ0) is 20.8. The van der Waals surface area contributed by atoms with Gasteiger partial charge in [0.2, 0.25) is 5.91 Å². The summed E-state index contributed by atoms with van der Waals surface area (Å²) < 4.78 is 12.9. The first-order chi connectivity index (χ1) is 13.9. The van der Waals surface area contributed by atoms with Crippen LogP contribution in [-0.2, 0) is 4.79 Å². The van der Waals surface area contributed by atoms with Crippen LogP contribution in [0.4, 0.5) is 15.8 Å². The molecule has 8 heteroatoms. The minimum Gasteiger partial charge on any atom is -0.325 e. The average molecular weight is 449 g/mol. The van der Waals surface area contributed by atoms with E-state index in [1.54, 1.807) is 36.4 Å². The van der Waals surface area contributed by atoms with E-state index in [4.69, 9.17) is 23.2 Å². The summed E-state index contributed by atoms with van der Waals surface area (Å²) in [5.41, 5.74) is 1.46. The Morgan fingerprint density at radius 3 is 2.14 bits per heavy atom. The number of rotatable bonds is 6. The lowest BCUT2D eigenvalue weighted by Gasteiger charge is -2.08. The normalized spacial score (nSPS) is 10.4. The summed E-state index contributed by atoms with van der Waals surface area (Å²) in [6.45, 7) is 0. The first-order valence-corrected chi connectivity index (χ1v) is 10.2. The lowest BCUT2D eigenvalue weighted by atomic mass is 10.2.